The maximum absolute atomic E-state index is 6.63. The quantitative estimate of drug-likeness (QED) is 0.173. The van der Waals surface area contributed by atoms with Gasteiger partial charge in [-0.15, -0.1) is 0 Å². The fraction of sp³-hybridized carbons (Fsp3) is 0. The van der Waals surface area contributed by atoms with Gasteiger partial charge in [0.15, 0.2) is 0 Å². The summed E-state index contributed by atoms with van der Waals surface area (Å²) in [5.41, 5.74) is 10.9. The van der Waals surface area contributed by atoms with Crippen molar-refractivity contribution in [2.45, 2.75) is 0 Å². The zero-order valence-electron chi connectivity index (χ0n) is 29.1. The molecule has 2 aromatic heterocycles. The Morgan fingerprint density at radius 2 is 0.833 bits per heavy atom. The molecule has 2 heterocycles. The Morgan fingerprint density at radius 1 is 0.259 bits per heavy atom. The first-order valence-corrected chi connectivity index (χ1v) is 18.5. The Labute approximate surface area is 310 Å². The topological polar surface area (TPSA) is 26.3 Å². The second-order valence-electron chi connectivity index (χ2n) is 14.3. The lowest BCUT2D eigenvalue weighted by atomic mass is 9.84. The Hall–Kier alpha value is -7.16. The zero-order chi connectivity index (χ0) is 35.3. The Balaban J connectivity index is 1.07. The average molecular weight is 687 g/mol. The average Bonchev–Trinajstić information content (AvgIpc) is 3.79. The number of hydrogen-bond acceptors (Lipinski definition) is 2. The van der Waals surface area contributed by atoms with Crippen LogP contribution in [0.5, 0.6) is 0 Å². The van der Waals surface area contributed by atoms with Gasteiger partial charge in [0.25, 0.3) is 0 Å². The number of furan rings is 2. The molecule has 0 fully saturated rings. The van der Waals surface area contributed by atoms with Crippen molar-refractivity contribution < 1.29 is 8.83 Å². The first-order chi connectivity index (χ1) is 26.8. The van der Waals surface area contributed by atoms with Gasteiger partial charge in [0, 0.05) is 21.5 Å². The molecule has 0 aliphatic heterocycles. The van der Waals surface area contributed by atoms with E-state index in [1.54, 1.807) is 0 Å². The van der Waals surface area contributed by atoms with Crippen molar-refractivity contribution in [2.24, 2.45) is 0 Å². The van der Waals surface area contributed by atoms with E-state index in [0.29, 0.717) is 0 Å². The molecule has 12 rings (SSSR count). The largest absolute Gasteiger partial charge is 0.456 e. The molecule has 0 spiro atoms. The third-order valence-electron chi connectivity index (χ3n) is 11.4. The number of hydrogen-bond donors (Lipinski definition) is 0. The summed E-state index contributed by atoms with van der Waals surface area (Å²) in [5, 5.41) is 14.3. The van der Waals surface area contributed by atoms with Crippen molar-refractivity contribution in [3.8, 4) is 33.4 Å². The Morgan fingerprint density at radius 3 is 1.57 bits per heavy atom. The lowest BCUT2D eigenvalue weighted by molar-refractivity contribution is 0.668. The minimum atomic E-state index is 0.883. The van der Waals surface area contributed by atoms with E-state index in [4.69, 9.17) is 8.83 Å². The van der Waals surface area contributed by atoms with Crippen molar-refractivity contribution in [3.05, 3.63) is 182 Å². The number of para-hydroxylation sites is 1. The molecule has 10 aromatic carbocycles. The molecular weight excluding hydrogens is 657 g/mol. The monoisotopic (exact) mass is 686 g/mol. The van der Waals surface area contributed by atoms with E-state index < -0.39 is 0 Å². The molecular formula is C52H30O2. The van der Waals surface area contributed by atoms with Crippen LogP contribution in [-0.2, 0) is 0 Å². The molecule has 2 heteroatoms. The molecule has 250 valence electrons. The smallest absolute Gasteiger partial charge is 0.136 e. The van der Waals surface area contributed by atoms with Crippen LogP contribution >= 0.6 is 0 Å². The van der Waals surface area contributed by atoms with Crippen LogP contribution < -0.4 is 0 Å². The minimum absolute atomic E-state index is 0.883. The van der Waals surface area contributed by atoms with Gasteiger partial charge < -0.3 is 8.83 Å². The summed E-state index contributed by atoms with van der Waals surface area (Å²) in [4.78, 5) is 0. The van der Waals surface area contributed by atoms with Crippen LogP contribution in [0.15, 0.2) is 191 Å². The van der Waals surface area contributed by atoms with Crippen LogP contribution in [-0.4, -0.2) is 0 Å². The Bertz CT molecular complexity index is 3430. The van der Waals surface area contributed by atoms with Gasteiger partial charge in [-0.25, -0.2) is 0 Å². The molecule has 0 saturated heterocycles. The second-order valence-corrected chi connectivity index (χ2v) is 14.3. The summed E-state index contributed by atoms with van der Waals surface area (Å²) in [5.74, 6) is 0. The van der Waals surface area contributed by atoms with Crippen LogP contribution in [0.1, 0.15) is 0 Å². The maximum Gasteiger partial charge on any atom is 0.136 e. The highest BCUT2D eigenvalue weighted by Gasteiger charge is 2.20. The molecule has 0 amide bonds. The summed E-state index contributed by atoms with van der Waals surface area (Å²) in [6.45, 7) is 0. The summed E-state index contributed by atoms with van der Waals surface area (Å²) in [7, 11) is 0. The normalized spacial score (nSPS) is 12.1. The van der Waals surface area contributed by atoms with E-state index in [9.17, 15) is 0 Å². The summed E-state index contributed by atoms with van der Waals surface area (Å²) < 4.78 is 12.8. The van der Waals surface area contributed by atoms with Crippen LogP contribution in [0.25, 0.3) is 120 Å². The molecule has 2 nitrogen and oxygen atoms in total. The van der Waals surface area contributed by atoms with Gasteiger partial charge in [-0.2, -0.15) is 0 Å². The molecule has 0 unspecified atom stereocenters. The maximum atomic E-state index is 6.63. The van der Waals surface area contributed by atoms with E-state index in [0.717, 1.165) is 54.8 Å². The summed E-state index contributed by atoms with van der Waals surface area (Å²) in [6, 6.07) is 65.6. The van der Waals surface area contributed by atoms with Crippen LogP contribution in [0.4, 0.5) is 0 Å². The molecule has 0 radical (unpaired) electrons. The van der Waals surface area contributed by atoms with Crippen LogP contribution in [0, 0.1) is 0 Å². The van der Waals surface area contributed by atoms with Gasteiger partial charge in [0.2, 0.25) is 0 Å². The summed E-state index contributed by atoms with van der Waals surface area (Å²) in [6.07, 6.45) is 0. The standard InChI is InChI=1S/C52H30O2/c1-2-12-31(13-3-1)50-38-17-6-8-19-40(38)51(41-20-9-7-18-39(41)50)42-26-25-34(35-14-4-5-15-36(35)42)32-22-24-43-48(28-32)54-47-27-23-33-29-49-45(30-44(33)52(43)47)37-16-10-11-21-46(37)53-49/h1-30H. The number of fused-ring (bicyclic) bond motifs is 11. The molecule has 12 aromatic rings. The van der Waals surface area contributed by atoms with Gasteiger partial charge in [-0.05, 0) is 113 Å². The van der Waals surface area contributed by atoms with Crippen molar-refractivity contribution >= 4 is 87.0 Å². The van der Waals surface area contributed by atoms with Crippen LogP contribution in [0.3, 0.4) is 0 Å². The van der Waals surface area contributed by atoms with Crippen LogP contribution in [0.2, 0.25) is 0 Å². The summed E-state index contributed by atoms with van der Waals surface area (Å²) >= 11 is 0. The van der Waals surface area contributed by atoms with E-state index in [1.807, 2.05) is 12.1 Å². The molecule has 0 saturated carbocycles. The third-order valence-corrected chi connectivity index (χ3v) is 11.4. The SMILES string of the molecule is c1ccc(-c2c3ccccc3c(-c3ccc(-c4ccc5c(c4)oc4ccc6cc7oc8ccccc8c7cc6c45)c4ccccc34)c3ccccc23)cc1. The van der Waals surface area contributed by atoms with E-state index in [-0.39, 0.29) is 0 Å². The minimum Gasteiger partial charge on any atom is -0.456 e. The lowest BCUT2D eigenvalue weighted by Crippen LogP contribution is -1.92. The van der Waals surface area contributed by atoms with Crippen molar-refractivity contribution in [1.29, 1.82) is 0 Å². The van der Waals surface area contributed by atoms with Gasteiger partial charge >= 0.3 is 0 Å². The van der Waals surface area contributed by atoms with Crippen molar-refractivity contribution in [2.75, 3.05) is 0 Å². The van der Waals surface area contributed by atoms with Crippen molar-refractivity contribution in [3.63, 3.8) is 0 Å². The molecule has 0 aliphatic carbocycles. The highest BCUT2D eigenvalue weighted by Crippen LogP contribution is 2.47. The van der Waals surface area contributed by atoms with E-state index in [1.165, 1.54) is 65.5 Å². The number of rotatable bonds is 3. The Kier molecular flexibility index (Phi) is 6.09. The lowest BCUT2D eigenvalue weighted by Gasteiger charge is -2.19. The molecule has 0 bridgehead atoms. The first-order valence-electron chi connectivity index (χ1n) is 18.5. The molecule has 0 aliphatic rings. The van der Waals surface area contributed by atoms with E-state index in [2.05, 4.69) is 170 Å². The predicted octanol–water partition coefficient (Wildman–Crippen LogP) is 15.1. The fourth-order valence-corrected chi connectivity index (χ4v) is 9.09. The third kappa shape index (κ3) is 4.17. The zero-order valence-corrected chi connectivity index (χ0v) is 29.1. The first kappa shape index (κ1) is 29.4. The van der Waals surface area contributed by atoms with Gasteiger partial charge in [-0.1, -0.05) is 146 Å². The second kappa shape index (κ2) is 11.2. The van der Waals surface area contributed by atoms with Crippen molar-refractivity contribution in [1.82, 2.24) is 0 Å². The van der Waals surface area contributed by atoms with Gasteiger partial charge in [0.05, 0.1) is 0 Å². The molecule has 0 N–H and O–H groups in total. The highest BCUT2D eigenvalue weighted by atomic mass is 16.3. The van der Waals surface area contributed by atoms with Gasteiger partial charge in [0.1, 0.15) is 22.3 Å². The van der Waals surface area contributed by atoms with Gasteiger partial charge in [-0.3, -0.25) is 0 Å². The van der Waals surface area contributed by atoms with E-state index >= 15 is 0 Å². The molecule has 0 atom stereocenters. The predicted molar refractivity (Wildman–Crippen MR) is 227 cm³/mol. The fourth-order valence-electron chi connectivity index (χ4n) is 9.09. The number of benzene rings is 10. The highest BCUT2D eigenvalue weighted by molar-refractivity contribution is 6.25. The molecule has 54 heavy (non-hydrogen) atoms.